The number of benzene rings is 1. The van der Waals surface area contributed by atoms with Gasteiger partial charge in [0, 0.05) is 17.8 Å². The van der Waals surface area contributed by atoms with Crippen LogP contribution in [0.25, 0.3) is 22.6 Å². The average Bonchev–Trinajstić information content (AvgIpc) is 3.28. The van der Waals surface area contributed by atoms with Crippen molar-refractivity contribution < 1.29 is 0 Å². The van der Waals surface area contributed by atoms with Crippen molar-refractivity contribution in [1.29, 1.82) is 0 Å². The Balaban J connectivity index is 1.83. The number of fused-ring (bicyclic) bond motifs is 1. The van der Waals surface area contributed by atoms with Crippen LogP contribution in [0.5, 0.6) is 0 Å². The number of nitrogens with zero attached hydrogens (tertiary/aromatic N) is 3. The quantitative estimate of drug-likeness (QED) is 0.798. The van der Waals surface area contributed by atoms with Crippen LogP contribution in [0.2, 0.25) is 0 Å². The normalized spacial score (nSPS) is 14.7. The van der Waals surface area contributed by atoms with Gasteiger partial charge >= 0.3 is 0 Å². The third-order valence-electron chi connectivity index (χ3n) is 4.01. The van der Waals surface area contributed by atoms with E-state index in [1.165, 1.54) is 18.4 Å². The Bertz CT molecular complexity index is 769. The fourth-order valence-electron chi connectivity index (χ4n) is 2.80. The van der Waals surface area contributed by atoms with Gasteiger partial charge in [-0.25, -0.2) is 9.97 Å². The number of aromatic nitrogens is 3. The standard InChI is InChI=1S/C17H18N4/c18-10-9-12-3-5-13(6-4-12)16-20-15-2-1-11-19-17(15)21(16)14-7-8-14/h1-6,11,14H,7-10,18H2. The molecule has 0 unspecified atom stereocenters. The predicted molar refractivity (Wildman–Crippen MR) is 84.0 cm³/mol. The third-order valence-corrected chi connectivity index (χ3v) is 4.01. The summed E-state index contributed by atoms with van der Waals surface area (Å²) in [4.78, 5) is 9.32. The van der Waals surface area contributed by atoms with E-state index in [0.29, 0.717) is 12.6 Å². The van der Waals surface area contributed by atoms with E-state index >= 15 is 0 Å². The average molecular weight is 278 g/mol. The first-order valence-electron chi connectivity index (χ1n) is 7.49. The van der Waals surface area contributed by atoms with Crippen LogP contribution in [0.15, 0.2) is 42.6 Å². The summed E-state index contributed by atoms with van der Waals surface area (Å²) in [7, 11) is 0. The van der Waals surface area contributed by atoms with E-state index in [1.54, 1.807) is 0 Å². The van der Waals surface area contributed by atoms with Gasteiger partial charge < -0.3 is 10.3 Å². The first kappa shape index (κ1) is 12.5. The van der Waals surface area contributed by atoms with Crippen LogP contribution in [0, 0.1) is 0 Å². The molecule has 0 spiro atoms. The Kier molecular flexibility index (Phi) is 2.97. The van der Waals surface area contributed by atoms with Crippen LogP contribution >= 0.6 is 0 Å². The SMILES string of the molecule is NCCc1ccc(-c2nc3cccnc3n2C2CC2)cc1. The number of nitrogens with two attached hydrogens (primary N) is 1. The molecule has 0 amide bonds. The smallest absolute Gasteiger partial charge is 0.160 e. The van der Waals surface area contributed by atoms with Gasteiger partial charge in [-0.15, -0.1) is 0 Å². The van der Waals surface area contributed by atoms with E-state index < -0.39 is 0 Å². The minimum Gasteiger partial charge on any atom is -0.330 e. The van der Waals surface area contributed by atoms with E-state index in [1.807, 2.05) is 18.3 Å². The Morgan fingerprint density at radius 3 is 2.67 bits per heavy atom. The molecule has 0 aliphatic heterocycles. The zero-order valence-electron chi connectivity index (χ0n) is 11.9. The number of hydrogen-bond acceptors (Lipinski definition) is 3. The molecular weight excluding hydrogens is 260 g/mol. The van der Waals surface area contributed by atoms with Crippen molar-refractivity contribution in [2.75, 3.05) is 6.54 Å². The van der Waals surface area contributed by atoms with Crippen LogP contribution in [0.4, 0.5) is 0 Å². The van der Waals surface area contributed by atoms with E-state index in [2.05, 4.69) is 33.8 Å². The highest BCUT2D eigenvalue weighted by molar-refractivity contribution is 5.77. The highest BCUT2D eigenvalue weighted by Gasteiger charge is 2.29. The van der Waals surface area contributed by atoms with E-state index in [4.69, 9.17) is 10.7 Å². The molecule has 4 heteroatoms. The van der Waals surface area contributed by atoms with Crippen molar-refractivity contribution in [2.24, 2.45) is 5.73 Å². The van der Waals surface area contributed by atoms with Crippen LogP contribution in [-0.2, 0) is 6.42 Å². The molecular formula is C17H18N4. The Hall–Kier alpha value is -2.20. The lowest BCUT2D eigenvalue weighted by atomic mass is 10.1. The summed E-state index contributed by atoms with van der Waals surface area (Å²) >= 11 is 0. The van der Waals surface area contributed by atoms with E-state index in [-0.39, 0.29) is 0 Å². The van der Waals surface area contributed by atoms with Gasteiger partial charge in [-0.3, -0.25) is 0 Å². The van der Waals surface area contributed by atoms with Crippen molar-refractivity contribution in [2.45, 2.75) is 25.3 Å². The van der Waals surface area contributed by atoms with Crippen LogP contribution in [0.3, 0.4) is 0 Å². The van der Waals surface area contributed by atoms with Crippen LogP contribution in [-0.4, -0.2) is 21.1 Å². The highest BCUT2D eigenvalue weighted by atomic mass is 15.2. The summed E-state index contributed by atoms with van der Waals surface area (Å²) in [5, 5.41) is 0. The molecule has 1 aliphatic carbocycles. The predicted octanol–water partition coefficient (Wildman–Crippen LogP) is 2.93. The number of rotatable bonds is 4. The highest BCUT2D eigenvalue weighted by Crippen LogP contribution is 2.40. The fourth-order valence-corrected chi connectivity index (χ4v) is 2.80. The van der Waals surface area contributed by atoms with Gasteiger partial charge in [0.05, 0.1) is 0 Å². The summed E-state index contributed by atoms with van der Waals surface area (Å²) in [6.45, 7) is 0.684. The zero-order valence-corrected chi connectivity index (χ0v) is 11.9. The van der Waals surface area contributed by atoms with Gasteiger partial charge in [-0.05, 0) is 43.5 Å². The van der Waals surface area contributed by atoms with Crippen molar-refractivity contribution >= 4 is 11.2 Å². The van der Waals surface area contributed by atoms with Crippen molar-refractivity contribution in [3.05, 3.63) is 48.2 Å². The molecule has 21 heavy (non-hydrogen) atoms. The second-order valence-electron chi connectivity index (χ2n) is 5.62. The van der Waals surface area contributed by atoms with Crippen molar-refractivity contribution in [3.8, 4) is 11.4 Å². The third kappa shape index (κ3) is 2.21. The van der Waals surface area contributed by atoms with Gasteiger partial charge in [-0.2, -0.15) is 0 Å². The second-order valence-corrected chi connectivity index (χ2v) is 5.62. The second kappa shape index (κ2) is 4.97. The zero-order chi connectivity index (χ0) is 14.2. The molecule has 0 atom stereocenters. The Morgan fingerprint density at radius 2 is 1.95 bits per heavy atom. The maximum Gasteiger partial charge on any atom is 0.160 e. The Morgan fingerprint density at radius 1 is 1.14 bits per heavy atom. The lowest BCUT2D eigenvalue weighted by Gasteiger charge is -2.07. The molecule has 0 saturated heterocycles. The number of hydrogen-bond donors (Lipinski definition) is 1. The van der Waals surface area contributed by atoms with Gasteiger partial charge in [0.1, 0.15) is 11.3 Å². The summed E-state index contributed by atoms with van der Waals surface area (Å²) in [5.74, 6) is 1.03. The monoisotopic (exact) mass is 278 g/mol. The lowest BCUT2D eigenvalue weighted by molar-refractivity contribution is 0.766. The van der Waals surface area contributed by atoms with Crippen molar-refractivity contribution in [3.63, 3.8) is 0 Å². The molecule has 106 valence electrons. The molecule has 2 N–H and O–H groups in total. The molecule has 1 aliphatic rings. The van der Waals surface area contributed by atoms with E-state index in [9.17, 15) is 0 Å². The topological polar surface area (TPSA) is 56.7 Å². The molecule has 2 aromatic heterocycles. The van der Waals surface area contributed by atoms with Crippen LogP contribution in [0.1, 0.15) is 24.4 Å². The maximum absolute atomic E-state index is 5.61. The Labute approximate surface area is 123 Å². The largest absolute Gasteiger partial charge is 0.330 e. The molecule has 0 bridgehead atoms. The first-order chi connectivity index (χ1) is 10.4. The summed E-state index contributed by atoms with van der Waals surface area (Å²) in [5.41, 5.74) is 10.0. The fraction of sp³-hybridized carbons (Fsp3) is 0.294. The van der Waals surface area contributed by atoms with Gasteiger partial charge in [0.2, 0.25) is 0 Å². The minimum atomic E-state index is 0.559. The lowest BCUT2D eigenvalue weighted by Crippen LogP contribution is -2.02. The minimum absolute atomic E-state index is 0.559. The first-order valence-corrected chi connectivity index (χ1v) is 7.49. The summed E-state index contributed by atoms with van der Waals surface area (Å²) in [6, 6.07) is 13.1. The summed E-state index contributed by atoms with van der Waals surface area (Å²) < 4.78 is 2.30. The molecule has 4 rings (SSSR count). The van der Waals surface area contributed by atoms with Gasteiger partial charge in [-0.1, -0.05) is 24.3 Å². The van der Waals surface area contributed by atoms with E-state index in [0.717, 1.165) is 29.0 Å². The van der Waals surface area contributed by atoms with Crippen molar-refractivity contribution in [1.82, 2.24) is 14.5 Å². The number of imidazole rings is 1. The van der Waals surface area contributed by atoms with Crippen LogP contribution < -0.4 is 5.73 Å². The molecule has 3 aromatic rings. The number of pyridine rings is 1. The summed E-state index contributed by atoms with van der Waals surface area (Å²) in [6.07, 6.45) is 5.21. The molecule has 1 aromatic carbocycles. The van der Waals surface area contributed by atoms with Gasteiger partial charge in [0.15, 0.2) is 5.65 Å². The molecule has 2 heterocycles. The molecule has 1 saturated carbocycles. The molecule has 0 radical (unpaired) electrons. The molecule has 4 nitrogen and oxygen atoms in total. The molecule has 1 fully saturated rings. The maximum atomic E-state index is 5.61. The van der Waals surface area contributed by atoms with Gasteiger partial charge in [0.25, 0.3) is 0 Å².